The van der Waals surface area contributed by atoms with Gasteiger partial charge in [-0.2, -0.15) is 5.26 Å². The highest BCUT2D eigenvalue weighted by molar-refractivity contribution is 5.39. The van der Waals surface area contributed by atoms with Gasteiger partial charge in [0.2, 0.25) is 0 Å². The van der Waals surface area contributed by atoms with E-state index in [1.807, 2.05) is 18.2 Å². The van der Waals surface area contributed by atoms with Crippen LogP contribution in [-0.4, -0.2) is 13.7 Å². The van der Waals surface area contributed by atoms with Crippen molar-refractivity contribution in [3.05, 3.63) is 23.8 Å². The summed E-state index contributed by atoms with van der Waals surface area (Å²) in [5.74, 6) is 1.97. The highest BCUT2D eigenvalue weighted by atomic mass is 16.5. The first-order valence-electron chi connectivity index (χ1n) is 5.33. The Labute approximate surface area is 96.6 Å². The lowest BCUT2D eigenvalue weighted by Crippen LogP contribution is -2.04. The summed E-state index contributed by atoms with van der Waals surface area (Å²) in [5.41, 5.74) is 0.917. The summed E-state index contributed by atoms with van der Waals surface area (Å²) in [5, 5.41) is 8.66. The third kappa shape index (κ3) is 3.82. The van der Waals surface area contributed by atoms with Crippen molar-refractivity contribution in [1.82, 2.24) is 0 Å². The summed E-state index contributed by atoms with van der Waals surface area (Å²) >= 11 is 0. The van der Waals surface area contributed by atoms with E-state index in [-0.39, 0.29) is 0 Å². The molecule has 0 aromatic heterocycles. The topological polar surface area (TPSA) is 42.2 Å². The molecule has 0 aliphatic rings. The lowest BCUT2D eigenvalue weighted by molar-refractivity contribution is 0.269. The van der Waals surface area contributed by atoms with E-state index in [9.17, 15) is 0 Å². The summed E-state index contributed by atoms with van der Waals surface area (Å²) in [6.45, 7) is 4.85. The zero-order chi connectivity index (χ0) is 12.0. The van der Waals surface area contributed by atoms with Crippen molar-refractivity contribution < 1.29 is 9.47 Å². The first kappa shape index (κ1) is 12.4. The lowest BCUT2D eigenvalue weighted by Gasteiger charge is -2.11. The van der Waals surface area contributed by atoms with Gasteiger partial charge in [0.05, 0.1) is 26.2 Å². The van der Waals surface area contributed by atoms with Crippen LogP contribution in [0.25, 0.3) is 0 Å². The number of benzene rings is 1. The molecule has 0 bridgehead atoms. The van der Waals surface area contributed by atoms with Gasteiger partial charge in [-0.1, -0.05) is 13.8 Å². The van der Waals surface area contributed by atoms with Gasteiger partial charge in [-0.05, 0) is 23.6 Å². The Morgan fingerprint density at radius 1 is 1.25 bits per heavy atom. The molecule has 0 aliphatic carbocycles. The zero-order valence-corrected chi connectivity index (χ0v) is 9.99. The minimum absolute atomic E-state index is 0.370. The van der Waals surface area contributed by atoms with Gasteiger partial charge in [0.15, 0.2) is 0 Å². The lowest BCUT2D eigenvalue weighted by atomic mass is 10.1. The molecule has 0 aliphatic heterocycles. The van der Waals surface area contributed by atoms with Crippen LogP contribution in [0.15, 0.2) is 18.2 Å². The smallest absolute Gasteiger partial charge is 0.123 e. The second kappa shape index (κ2) is 6.02. The van der Waals surface area contributed by atoms with Crippen molar-refractivity contribution in [1.29, 1.82) is 5.26 Å². The monoisotopic (exact) mass is 219 g/mol. The van der Waals surface area contributed by atoms with E-state index in [1.54, 1.807) is 7.11 Å². The van der Waals surface area contributed by atoms with Crippen molar-refractivity contribution in [3.8, 4) is 17.6 Å². The van der Waals surface area contributed by atoms with Crippen molar-refractivity contribution in [2.45, 2.75) is 20.3 Å². The maximum atomic E-state index is 8.66. The normalized spacial score (nSPS) is 9.94. The van der Waals surface area contributed by atoms with Gasteiger partial charge in [0.25, 0.3) is 0 Å². The molecule has 3 heteroatoms. The van der Waals surface area contributed by atoms with Gasteiger partial charge in [0.1, 0.15) is 11.5 Å². The van der Waals surface area contributed by atoms with E-state index in [4.69, 9.17) is 14.7 Å². The van der Waals surface area contributed by atoms with Gasteiger partial charge in [-0.25, -0.2) is 0 Å². The summed E-state index contributed by atoms with van der Waals surface area (Å²) in [4.78, 5) is 0. The highest BCUT2D eigenvalue weighted by Gasteiger charge is 2.03. The van der Waals surface area contributed by atoms with Crippen LogP contribution in [0.5, 0.6) is 11.5 Å². The fourth-order valence-corrected chi connectivity index (χ4v) is 1.29. The number of nitrogens with zero attached hydrogens (tertiary/aromatic N) is 1. The predicted octanol–water partition coefficient (Wildman–Crippen LogP) is 2.80. The molecule has 0 saturated heterocycles. The molecule has 0 spiro atoms. The van der Waals surface area contributed by atoms with Crippen LogP contribution in [0.4, 0.5) is 0 Å². The highest BCUT2D eigenvalue weighted by Crippen LogP contribution is 2.23. The fraction of sp³-hybridized carbons (Fsp3) is 0.462. The van der Waals surface area contributed by atoms with Crippen LogP contribution >= 0.6 is 0 Å². The number of rotatable bonds is 5. The molecule has 1 aromatic carbocycles. The second-order valence-electron chi connectivity index (χ2n) is 4.06. The van der Waals surface area contributed by atoms with Gasteiger partial charge < -0.3 is 9.47 Å². The third-order valence-corrected chi connectivity index (χ3v) is 2.04. The van der Waals surface area contributed by atoms with Gasteiger partial charge in [-0.15, -0.1) is 0 Å². The van der Waals surface area contributed by atoms with Crippen LogP contribution < -0.4 is 9.47 Å². The molecule has 0 atom stereocenters. The SMILES string of the molecule is COc1cc(CC#N)cc(OCC(C)C)c1. The van der Waals surface area contributed by atoms with E-state index in [1.165, 1.54) is 0 Å². The van der Waals surface area contributed by atoms with Gasteiger partial charge in [-0.3, -0.25) is 0 Å². The van der Waals surface area contributed by atoms with Crippen LogP contribution in [0.3, 0.4) is 0 Å². The Kier molecular flexibility index (Phi) is 4.65. The Morgan fingerprint density at radius 3 is 2.50 bits per heavy atom. The van der Waals surface area contributed by atoms with Crippen molar-refractivity contribution >= 4 is 0 Å². The van der Waals surface area contributed by atoms with Crippen molar-refractivity contribution in [2.75, 3.05) is 13.7 Å². The Balaban J connectivity index is 2.82. The molecule has 0 radical (unpaired) electrons. The first-order chi connectivity index (χ1) is 7.65. The number of ether oxygens (including phenoxy) is 2. The molecular formula is C13H17NO2. The minimum Gasteiger partial charge on any atom is -0.497 e. The van der Waals surface area contributed by atoms with Gasteiger partial charge >= 0.3 is 0 Å². The first-order valence-corrected chi connectivity index (χ1v) is 5.33. The van der Waals surface area contributed by atoms with Crippen LogP contribution in [0, 0.1) is 17.2 Å². The Morgan fingerprint density at radius 2 is 1.94 bits per heavy atom. The average Bonchev–Trinajstić information content (AvgIpc) is 2.26. The predicted molar refractivity (Wildman–Crippen MR) is 62.6 cm³/mol. The van der Waals surface area contributed by atoms with Crippen molar-refractivity contribution in [3.63, 3.8) is 0 Å². The van der Waals surface area contributed by atoms with E-state index >= 15 is 0 Å². The number of hydrogen-bond acceptors (Lipinski definition) is 3. The largest absolute Gasteiger partial charge is 0.497 e. The molecule has 1 rings (SSSR count). The molecule has 0 N–H and O–H groups in total. The summed E-state index contributed by atoms with van der Waals surface area (Å²) in [6.07, 6.45) is 0.370. The molecule has 0 heterocycles. The molecule has 86 valence electrons. The van der Waals surface area contributed by atoms with Crippen molar-refractivity contribution in [2.24, 2.45) is 5.92 Å². The maximum Gasteiger partial charge on any atom is 0.123 e. The van der Waals surface area contributed by atoms with E-state index in [0.717, 1.165) is 17.1 Å². The standard InChI is InChI=1S/C13H17NO2/c1-10(2)9-16-13-7-11(4-5-14)6-12(8-13)15-3/h6-8,10H,4,9H2,1-3H3. The van der Waals surface area contributed by atoms with Gasteiger partial charge in [0, 0.05) is 6.07 Å². The maximum absolute atomic E-state index is 8.66. The third-order valence-electron chi connectivity index (χ3n) is 2.04. The molecule has 1 aromatic rings. The molecule has 0 unspecified atom stereocenters. The van der Waals surface area contributed by atoms with Crippen LogP contribution in [0.1, 0.15) is 19.4 Å². The summed E-state index contributed by atoms with van der Waals surface area (Å²) < 4.78 is 10.8. The number of hydrogen-bond donors (Lipinski definition) is 0. The average molecular weight is 219 g/mol. The minimum atomic E-state index is 0.370. The van der Waals surface area contributed by atoms with Crippen LogP contribution in [-0.2, 0) is 6.42 Å². The second-order valence-corrected chi connectivity index (χ2v) is 4.06. The Hall–Kier alpha value is -1.69. The van der Waals surface area contributed by atoms with E-state index < -0.39 is 0 Å². The van der Waals surface area contributed by atoms with E-state index in [0.29, 0.717) is 18.9 Å². The van der Waals surface area contributed by atoms with E-state index in [2.05, 4.69) is 19.9 Å². The molecular weight excluding hydrogens is 202 g/mol. The van der Waals surface area contributed by atoms with Crippen LogP contribution in [0.2, 0.25) is 0 Å². The molecule has 0 fully saturated rings. The molecule has 0 amide bonds. The zero-order valence-electron chi connectivity index (χ0n) is 9.99. The quantitative estimate of drug-likeness (QED) is 0.764. The molecule has 16 heavy (non-hydrogen) atoms. The fourth-order valence-electron chi connectivity index (χ4n) is 1.29. The number of methoxy groups -OCH3 is 1. The Bertz CT molecular complexity index is 380. The summed E-state index contributed by atoms with van der Waals surface area (Å²) in [7, 11) is 1.61. The molecule has 3 nitrogen and oxygen atoms in total. The molecule has 0 saturated carbocycles. The summed E-state index contributed by atoms with van der Waals surface area (Å²) in [6, 6.07) is 7.69. The number of nitriles is 1.